The molecule has 2 amide bonds. The number of quaternary nitrogens is 1. The van der Waals surface area contributed by atoms with Crippen LogP contribution in [0, 0.1) is 0 Å². The van der Waals surface area contributed by atoms with Gasteiger partial charge in [0.05, 0.1) is 0 Å². The highest BCUT2D eigenvalue weighted by molar-refractivity contribution is 6.90. The molecule has 0 spiro atoms. The SMILES string of the molecule is C[Si](C)(C)N(N1C(=O)[N+]([Si](C)(C)C)([Si](C)(C)C)N=C1[O-])[Si](C)(C)C. The summed E-state index contributed by atoms with van der Waals surface area (Å²) in [6, 6.07) is -0.446. The Morgan fingerprint density at radius 3 is 1.38 bits per heavy atom. The van der Waals surface area contributed by atoms with Crippen molar-refractivity contribution >= 4 is 45.0 Å². The predicted molar refractivity (Wildman–Crippen MR) is 110 cm³/mol. The van der Waals surface area contributed by atoms with Crippen molar-refractivity contribution in [1.82, 2.24) is 9.35 Å². The highest BCUT2D eigenvalue weighted by Gasteiger charge is 2.65. The van der Waals surface area contributed by atoms with Crippen molar-refractivity contribution in [1.29, 1.82) is 0 Å². The largest absolute Gasteiger partial charge is 0.841 e. The van der Waals surface area contributed by atoms with Gasteiger partial charge in [0, 0.05) is 0 Å². The molecular weight excluding hydrogens is 369 g/mol. The van der Waals surface area contributed by atoms with Gasteiger partial charge in [-0.15, -0.1) is 5.10 Å². The summed E-state index contributed by atoms with van der Waals surface area (Å²) < 4.78 is 2.25. The molecule has 140 valence electrons. The summed E-state index contributed by atoms with van der Waals surface area (Å²) in [7, 11) is -8.01. The fraction of sp³-hybridized carbons (Fsp3) is 0.857. The second-order valence-electron chi connectivity index (χ2n) is 10.6. The number of hydrogen-bond donors (Lipinski definition) is 0. The molecule has 0 aromatic rings. The van der Waals surface area contributed by atoms with Gasteiger partial charge in [-0.2, -0.15) is 5.01 Å². The lowest BCUT2D eigenvalue weighted by atomic mass is 10.9. The van der Waals surface area contributed by atoms with E-state index in [0.717, 1.165) is 0 Å². The third-order valence-electron chi connectivity index (χ3n) is 4.29. The number of hydrogen-bond acceptors (Lipinski definition) is 4. The standard InChI is InChI=1S/C14H36N4O2Si4/c1-21(2,3)17(22(4,5)6)16-13(19)15-18(14(16)20,23(7,8)9)24(10,11)12/h1-12H3. The quantitative estimate of drug-likeness (QED) is 0.660. The highest BCUT2D eigenvalue weighted by atomic mass is 28.4. The van der Waals surface area contributed by atoms with Crippen LogP contribution in [0.5, 0.6) is 0 Å². The fourth-order valence-corrected chi connectivity index (χ4v) is 23.8. The molecule has 24 heavy (non-hydrogen) atoms. The van der Waals surface area contributed by atoms with Gasteiger partial charge in [-0.3, -0.25) is 4.34 Å². The van der Waals surface area contributed by atoms with Crippen molar-refractivity contribution < 1.29 is 13.8 Å². The van der Waals surface area contributed by atoms with E-state index in [1.807, 2.05) is 0 Å². The molecule has 1 aliphatic heterocycles. The third kappa shape index (κ3) is 3.36. The molecule has 0 atom stereocenters. The van der Waals surface area contributed by atoms with Crippen molar-refractivity contribution in [3.8, 4) is 0 Å². The van der Waals surface area contributed by atoms with E-state index in [0.29, 0.717) is 0 Å². The van der Waals surface area contributed by atoms with Gasteiger partial charge in [-0.1, -0.05) is 39.3 Å². The Bertz CT molecular complexity index is 525. The van der Waals surface area contributed by atoms with E-state index in [-0.39, 0.29) is 16.0 Å². The molecular formula is C14H36N4O2Si4. The summed E-state index contributed by atoms with van der Waals surface area (Å²) >= 11 is 0. The summed E-state index contributed by atoms with van der Waals surface area (Å²) in [6.45, 7) is 26.1. The molecule has 0 saturated heterocycles. The molecule has 0 N–H and O–H groups in total. The van der Waals surface area contributed by atoms with Crippen LogP contribution in [0.25, 0.3) is 0 Å². The number of rotatable bonds is 5. The molecule has 1 rings (SSSR count). The van der Waals surface area contributed by atoms with E-state index in [2.05, 4.69) is 88.0 Å². The van der Waals surface area contributed by atoms with Gasteiger partial charge in [0.25, 0.3) is 16.5 Å². The number of urea groups is 1. The number of amidine groups is 1. The Hall–Kier alpha value is -0.272. The van der Waals surface area contributed by atoms with Crippen LogP contribution in [0.2, 0.25) is 78.6 Å². The maximum Gasteiger partial charge on any atom is 0.428 e. The lowest BCUT2D eigenvalue weighted by Gasteiger charge is -2.51. The molecule has 1 aliphatic rings. The average Bonchev–Trinajstić information content (AvgIpc) is 2.49. The highest BCUT2D eigenvalue weighted by Crippen LogP contribution is 2.39. The summed E-state index contributed by atoms with van der Waals surface area (Å²) in [4.78, 5) is 13.7. The second kappa shape index (κ2) is 5.88. The minimum absolute atomic E-state index is 0.0737. The zero-order chi connectivity index (χ0) is 19.5. The number of carbonyl (C=O) groups is 1. The molecule has 0 radical (unpaired) electrons. The lowest BCUT2D eigenvalue weighted by Crippen LogP contribution is -2.77. The van der Waals surface area contributed by atoms with Crippen LogP contribution in [0.4, 0.5) is 4.79 Å². The maximum absolute atomic E-state index is 13.7. The number of carbonyl (C=O) groups excluding carboxylic acids is 1. The van der Waals surface area contributed by atoms with Gasteiger partial charge in [0.2, 0.25) is 0 Å². The smallest absolute Gasteiger partial charge is 0.428 e. The molecule has 1 heterocycles. The van der Waals surface area contributed by atoms with Crippen LogP contribution >= 0.6 is 0 Å². The summed E-state index contributed by atoms with van der Waals surface area (Å²) in [5.74, 6) is 0. The topological polar surface area (TPSA) is 59.0 Å². The number of hydrazine groups is 1. The van der Waals surface area contributed by atoms with Crippen LogP contribution in [0.3, 0.4) is 0 Å². The Labute approximate surface area is 152 Å². The maximum atomic E-state index is 13.7. The van der Waals surface area contributed by atoms with E-state index < -0.39 is 32.9 Å². The van der Waals surface area contributed by atoms with Gasteiger partial charge in [0.15, 0.2) is 0 Å². The monoisotopic (exact) mass is 404 g/mol. The van der Waals surface area contributed by atoms with E-state index in [1.54, 1.807) is 0 Å². The molecule has 0 aromatic heterocycles. The first kappa shape index (κ1) is 21.8. The normalized spacial score (nSPS) is 20.0. The van der Waals surface area contributed by atoms with Gasteiger partial charge in [-0.25, -0.2) is 8.72 Å². The van der Waals surface area contributed by atoms with Crippen LogP contribution in [-0.4, -0.2) is 58.3 Å². The first-order valence-corrected chi connectivity index (χ1v) is 22.4. The summed E-state index contributed by atoms with van der Waals surface area (Å²) in [5.41, 5.74) is 0. The van der Waals surface area contributed by atoms with Gasteiger partial charge in [0.1, 0.15) is 22.5 Å². The zero-order valence-electron chi connectivity index (χ0n) is 17.6. The summed E-state index contributed by atoms with van der Waals surface area (Å²) in [5, 5.41) is 19.0. The van der Waals surface area contributed by atoms with Crippen molar-refractivity contribution in [3.63, 3.8) is 0 Å². The van der Waals surface area contributed by atoms with Gasteiger partial charge in [-0.05, 0) is 39.3 Å². The number of nitrogens with zero attached hydrogens (tertiary/aromatic N) is 4. The molecule has 6 nitrogen and oxygen atoms in total. The van der Waals surface area contributed by atoms with Crippen LogP contribution in [0.1, 0.15) is 0 Å². The zero-order valence-corrected chi connectivity index (χ0v) is 21.6. The molecule has 0 bridgehead atoms. The minimum Gasteiger partial charge on any atom is -0.841 e. The van der Waals surface area contributed by atoms with E-state index in [4.69, 9.17) is 0 Å². The van der Waals surface area contributed by atoms with Gasteiger partial charge < -0.3 is 5.11 Å². The van der Waals surface area contributed by atoms with E-state index in [1.165, 1.54) is 5.01 Å². The molecule has 0 fully saturated rings. The average molecular weight is 405 g/mol. The first-order valence-electron chi connectivity index (χ1n) is 8.60. The Morgan fingerprint density at radius 2 is 1.17 bits per heavy atom. The molecule has 0 aromatic carbocycles. The van der Waals surface area contributed by atoms with Crippen LogP contribution < -0.4 is 5.11 Å². The Morgan fingerprint density at radius 1 is 0.833 bits per heavy atom. The summed E-state index contributed by atoms with van der Waals surface area (Å²) in [6.07, 6.45) is 0. The molecule has 0 aliphatic carbocycles. The van der Waals surface area contributed by atoms with E-state index >= 15 is 0 Å². The third-order valence-corrected chi connectivity index (χ3v) is 19.7. The van der Waals surface area contributed by atoms with Crippen LogP contribution in [0.15, 0.2) is 5.10 Å². The van der Waals surface area contributed by atoms with Crippen molar-refractivity contribution in [2.45, 2.75) is 78.6 Å². The second-order valence-corrected chi connectivity index (χ2v) is 31.0. The van der Waals surface area contributed by atoms with Crippen molar-refractivity contribution in [3.05, 3.63) is 0 Å². The fourth-order valence-electron chi connectivity index (χ4n) is 4.09. The van der Waals surface area contributed by atoms with Crippen LogP contribution in [-0.2, 0) is 0 Å². The Balaban J connectivity index is 3.65. The van der Waals surface area contributed by atoms with Crippen molar-refractivity contribution in [2.24, 2.45) is 5.10 Å². The lowest BCUT2D eigenvalue weighted by molar-refractivity contribution is -0.646. The predicted octanol–water partition coefficient (Wildman–Crippen LogP) is 3.43. The minimum atomic E-state index is -2.10. The number of amides is 2. The Kier molecular flexibility index (Phi) is 5.33. The molecule has 0 saturated carbocycles. The first-order chi connectivity index (χ1) is 10.3. The molecule has 0 unspecified atom stereocenters. The van der Waals surface area contributed by atoms with Crippen molar-refractivity contribution in [2.75, 3.05) is 0 Å². The van der Waals surface area contributed by atoms with E-state index in [9.17, 15) is 9.90 Å². The van der Waals surface area contributed by atoms with Gasteiger partial charge >= 0.3 is 6.03 Å². The molecule has 10 heteroatoms.